The van der Waals surface area contributed by atoms with Gasteiger partial charge < -0.3 is 5.32 Å². The number of aromatic amines is 2. The van der Waals surface area contributed by atoms with E-state index in [0.29, 0.717) is 6.54 Å². The van der Waals surface area contributed by atoms with E-state index in [-0.39, 0.29) is 5.69 Å². The molecule has 82 valence electrons. The number of amides is 1. The van der Waals surface area contributed by atoms with Crippen molar-refractivity contribution in [3.05, 3.63) is 26.5 Å². The summed E-state index contributed by atoms with van der Waals surface area (Å²) in [5.74, 6) is -0.582. The Morgan fingerprint density at radius 3 is 2.80 bits per heavy atom. The molecule has 1 amide bonds. The molecule has 0 saturated carbocycles. The van der Waals surface area contributed by atoms with E-state index in [4.69, 9.17) is 0 Å². The molecule has 1 aromatic rings. The van der Waals surface area contributed by atoms with Crippen LogP contribution in [0.15, 0.2) is 9.59 Å². The minimum atomic E-state index is -0.784. The Kier molecular flexibility index (Phi) is 3.78. The summed E-state index contributed by atoms with van der Waals surface area (Å²) in [4.78, 5) is 35.0. The maximum Gasteiger partial charge on any atom is 0.342 e. The number of carbonyl (C=O) groups excluding carboxylic acids is 1. The van der Waals surface area contributed by atoms with Crippen LogP contribution in [0.25, 0.3) is 0 Å². The lowest BCUT2D eigenvalue weighted by molar-refractivity contribution is 0.0945. The first kappa shape index (κ1) is 11.2. The van der Waals surface area contributed by atoms with Gasteiger partial charge in [0.1, 0.15) is 0 Å². The number of unbranched alkanes of at least 4 members (excludes halogenated alkanes) is 1. The highest BCUT2D eigenvalue weighted by Gasteiger charge is 2.11. The fraction of sp³-hybridized carbons (Fsp3) is 0.500. The molecule has 0 aliphatic rings. The van der Waals surface area contributed by atoms with Crippen LogP contribution < -0.4 is 16.6 Å². The van der Waals surface area contributed by atoms with Gasteiger partial charge in [0.15, 0.2) is 0 Å². The van der Waals surface area contributed by atoms with Crippen molar-refractivity contribution >= 4 is 5.91 Å². The van der Waals surface area contributed by atoms with Gasteiger partial charge in [-0.1, -0.05) is 13.3 Å². The summed E-state index contributed by atoms with van der Waals surface area (Å²) < 4.78 is 0. The van der Waals surface area contributed by atoms with Crippen molar-refractivity contribution in [2.45, 2.75) is 19.8 Å². The Bertz CT molecular complexity index is 448. The van der Waals surface area contributed by atoms with Gasteiger partial charge in [0.25, 0.3) is 11.5 Å². The van der Waals surface area contributed by atoms with Crippen molar-refractivity contribution in [1.82, 2.24) is 20.5 Å². The topological polar surface area (TPSA) is 108 Å². The first-order chi connectivity index (χ1) is 7.15. The zero-order valence-corrected chi connectivity index (χ0v) is 8.29. The molecule has 0 aromatic carbocycles. The number of hydrogen-bond acceptors (Lipinski definition) is 4. The van der Waals surface area contributed by atoms with Gasteiger partial charge in [-0.3, -0.25) is 14.6 Å². The summed E-state index contributed by atoms with van der Waals surface area (Å²) in [5, 5.41) is 7.87. The average Bonchev–Trinajstić information content (AvgIpc) is 2.17. The van der Waals surface area contributed by atoms with Crippen LogP contribution in [0, 0.1) is 0 Å². The van der Waals surface area contributed by atoms with Crippen molar-refractivity contribution in [3.63, 3.8) is 0 Å². The Labute approximate surface area is 84.9 Å². The standard InChI is InChI=1S/C8H12N4O3/c1-2-3-4-9-6(13)5-7(14)10-8(15)12-11-5/h2-4H2,1H3,(H,9,13)(H2,10,12,14,15). The smallest absolute Gasteiger partial charge is 0.342 e. The Hall–Kier alpha value is -1.92. The van der Waals surface area contributed by atoms with Crippen molar-refractivity contribution < 1.29 is 4.79 Å². The summed E-state index contributed by atoms with van der Waals surface area (Å²) in [6, 6.07) is 0. The third kappa shape index (κ3) is 3.04. The number of carbonyl (C=O) groups is 1. The largest absolute Gasteiger partial charge is 0.350 e. The molecule has 3 N–H and O–H groups in total. The van der Waals surface area contributed by atoms with Gasteiger partial charge in [-0.25, -0.2) is 9.89 Å². The van der Waals surface area contributed by atoms with Gasteiger partial charge in [0, 0.05) is 6.54 Å². The molecule has 0 atom stereocenters. The van der Waals surface area contributed by atoms with Crippen LogP contribution in [-0.2, 0) is 0 Å². The maximum absolute atomic E-state index is 11.3. The number of H-pyrrole nitrogens is 2. The maximum atomic E-state index is 11.3. The number of nitrogens with one attached hydrogen (secondary N) is 3. The number of hydrogen-bond donors (Lipinski definition) is 3. The third-order valence-corrected chi connectivity index (χ3v) is 1.74. The van der Waals surface area contributed by atoms with E-state index in [9.17, 15) is 14.4 Å². The third-order valence-electron chi connectivity index (χ3n) is 1.74. The van der Waals surface area contributed by atoms with Gasteiger partial charge >= 0.3 is 5.69 Å². The predicted octanol–water partition coefficient (Wildman–Crippen LogP) is -1.01. The summed E-state index contributed by atoms with van der Waals surface area (Å²) in [7, 11) is 0. The van der Waals surface area contributed by atoms with Crippen LogP contribution in [0.5, 0.6) is 0 Å². The van der Waals surface area contributed by atoms with Crippen LogP contribution in [0.3, 0.4) is 0 Å². The zero-order chi connectivity index (χ0) is 11.3. The van der Waals surface area contributed by atoms with E-state index in [2.05, 4.69) is 10.4 Å². The van der Waals surface area contributed by atoms with Crippen molar-refractivity contribution in [2.75, 3.05) is 6.54 Å². The molecule has 7 heteroatoms. The van der Waals surface area contributed by atoms with Gasteiger partial charge in [0.05, 0.1) is 0 Å². The molecule has 0 saturated heterocycles. The first-order valence-corrected chi connectivity index (χ1v) is 4.62. The summed E-state index contributed by atoms with van der Waals surface area (Å²) in [6.45, 7) is 2.47. The average molecular weight is 212 g/mol. The molecule has 1 rings (SSSR count). The van der Waals surface area contributed by atoms with Crippen LogP contribution in [-0.4, -0.2) is 27.6 Å². The van der Waals surface area contributed by atoms with E-state index >= 15 is 0 Å². The van der Waals surface area contributed by atoms with Crippen LogP contribution >= 0.6 is 0 Å². The highest BCUT2D eigenvalue weighted by molar-refractivity contribution is 5.91. The summed E-state index contributed by atoms with van der Waals surface area (Å²) in [5.41, 5.74) is -1.84. The lowest BCUT2D eigenvalue weighted by Crippen LogP contribution is -2.35. The fourth-order valence-electron chi connectivity index (χ4n) is 0.964. The molecule has 0 spiro atoms. The highest BCUT2D eigenvalue weighted by atomic mass is 16.2. The van der Waals surface area contributed by atoms with E-state index in [1.807, 2.05) is 17.0 Å². The predicted molar refractivity (Wildman–Crippen MR) is 52.7 cm³/mol. The first-order valence-electron chi connectivity index (χ1n) is 4.62. The molecule has 0 fully saturated rings. The second-order valence-corrected chi connectivity index (χ2v) is 2.96. The van der Waals surface area contributed by atoms with Crippen LogP contribution in [0.2, 0.25) is 0 Å². The van der Waals surface area contributed by atoms with Crippen molar-refractivity contribution in [1.29, 1.82) is 0 Å². The Morgan fingerprint density at radius 2 is 2.20 bits per heavy atom. The monoisotopic (exact) mass is 212 g/mol. The zero-order valence-electron chi connectivity index (χ0n) is 8.29. The summed E-state index contributed by atoms with van der Waals surface area (Å²) in [6.07, 6.45) is 1.77. The molecule has 0 unspecified atom stereocenters. The van der Waals surface area contributed by atoms with Gasteiger partial charge in [-0.05, 0) is 6.42 Å². The van der Waals surface area contributed by atoms with Crippen molar-refractivity contribution in [3.8, 4) is 0 Å². The van der Waals surface area contributed by atoms with E-state index in [1.54, 1.807) is 0 Å². The number of aromatic nitrogens is 3. The highest BCUT2D eigenvalue weighted by Crippen LogP contribution is 1.85. The molecule has 1 aromatic heterocycles. The van der Waals surface area contributed by atoms with E-state index in [1.165, 1.54) is 0 Å². The lowest BCUT2D eigenvalue weighted by Gasteiger charge is -2.01. The SMILES string of the molecule is CCCCNC(=O)c1n[nH]c(=O)[nH]c1=O. The molecule has 0 aliphatic carbocycles. The van der Waals surface area contributed by atoms with Crippen LogP contribution in [0.1, 0.15) is 30.3 Å². The van der Waals surface area contributed by atoms with Gasteiger partial charge in [0.2, 0.25) is 5.69 Å². The minimum Gasteiger partial charge on any atom is -0.350 e. The molecular weight excluding hydrogens is 200 g/mol. The molecule has 0 radical (unpaired) electrons. The summed E-state index contributed by atoms with van der Waals surface area (Å²) >= 11 is 0. The second kappa shape index (κ2) is 5.08. The number of rotatable bonds is 4. The Morgan fingerprint density at radius 1 is 1.47 bits per heavy atom. The quantitative estimate of drug-likeness (QED) is 0.555. The molecule has 0 aliphatic heterocycles. The minimum absolute atomic E-state index is 0.328. The lowest BCUT2D eigenvalue weighted by atomic mass is 10.3. The van der Waals surface area contributed by atoms with Crippen LogP contribution in [0.4, 0.5) is 0 Å². The molecular formula is C8H12N4O3. The van der Waals surface area contributed by atoms with Crippen molar-refractivity contribution in [2.24, 2.45) is 0 Å². The molecule has 0 bridgehead atoms. The molecule has 15 heavy (non-hydrogen) atoms. The molecule has 1 heterocycles. The van der Waals surface area contributed by atoms with E-state index in [0.717, 1.165) is 12.8 Å². The van der Waals surface area contributed by atoms with Gasteiger partial charge in [-0.15, -0.1) is 0 Å². The second-order valence-electron chi connectivity index (χ2n) is 2.96. The Balaban J connectivity index is 2.74. The number of nitrogens with zero attached hydrogens (tertiary/aromatic N) is 1. The van der Waals surface area contributed by atoms with Gasteiger partial charge in [-0.2, -0.15) is 5.10 Å². The van der Waals surface area contributed by atoms with E-state index < -0.39 is 17.2 Å². The molecule has 7 nitrogen and oxygen atoms in total. The fourth-order valence-corrected chi connectivity index (χ4v) is 0.964. The normalized spacial score (nSPS) is 9.93.